The van der Waals surface area contributed by atoms with E-state index in [0.29, 0.717) is 12.8 Å². The summed E-state index contributed by atoms with van der Waals surface area (Å²) in [5.74, 6) is -1.84. The smallest absolute Gasteiger partial charge is 0.408 e. The summed E-state index contributed by atoms with van der Waals surface area (Å²) < 4.78 is 5.17. The van der Waals surface area contributed by atoms with Crippen LogP contribution in [0.25, 0.3) is 0 Å². The van der Waals surface area contributed by atoms with Crippen LogP contribution < -0.4 is 10.6 Å². The molecule has 0 aliphatic carbocycles. The van der Waals surface area contributed by atoms with Gasteiger partial charge in [-0.3, -0.25) is 4.79 Å². The van der Waals surface area contributed by atoms with E-state index in [1.807, 2.05) is 36.4 Å². The lowest BCUT2D eigenvalue weighted by atomic mass is 10.0. The summed E-state index contributed by atoms with van der Waals surface area (Å²) in [7, 11) is 0. The van der Waals surface area contributed by atoms with Crippen LogP contribution in [-0.4, -0.2) is 35.2 Å². The number of hydrogen-bond donors (Lipinski definition) is 3. The number of benzene rings is 1. The van der Waals surface area contributed by atoms with Crippen LogP contribution in [0, 0.1) is 5.92 Å². The van der Waals surface area contributed by atoms with Crippen LogP contribution in [0.1, 0.15) is 57.9 Å². The van der Waals surface area contributed by atoms with E-state index in [0.717, 1.165) is 31.2 Å². The number of ether oxygens (including phenoxy) is 1. The van der Waals surface area contributed by atoms with Gasteiger partial charge in [-0.2, -0.15) is 0 Å². The first-order valence-corrected chi connectivity index (χ1v) is 10.5. The molecule has 7 heteroatoms. The van der Waals surface area contributed by atoms with E-state index in [1.165, 1.54) is 0 Å². The van der Waals surface area contributed by atoms with Crippen molar-refractivity contribution in [2.24, 2.45) is 5.92 Å². The van der Waals surface area contributed by atoms with Gasteiger partial charge >= 0.3 is 12.1 Å². The molecule has 1 rings (SSSR count). The summed E-state index contributed by atoms with van der Waals surface area (Å²) in [4.78, 5) is 36.3. The molecule has 2 atom stereocenters. The Hall–Kier alpha value is -2.83. The van der Waals surface area contributed by atoms with E-state index in [1.54, 1.807) is 13.8 Å². The van der Waals surface area contributed by atoms with Crippen molar-refractivity contribution in [3.05, 3.63) is 48.6 Å². The third-order valence-electron chi connectivity index (χ3n) is 4.70. The molecule has 0 saturated carbocycles. The molecule has 3 N–H and O–H groups in total. The first-order valence-electron chi connectivity index (χ1n) is 10.5. The number of nitrogens with one attached hydrogen (secondary N) is 2. The number of hydrogen-bond acceptors (Lipinski definition) is 4. The van der Waals surface area contributed by atoms with Gasteiger partial charge in [0.15, 0.2) is 0 Å². The lowest BCUT2D eigenvalue weighted by Gasteiger charge is -2.23. The molecule has 0 saturated heterocycles. The Morgan fingerprint density at radius 1 is 1.07 bits per heavy atom. The van der Waals surface area contributed by atoms with E-state index >= 15 is 0 Å². The predicted molar refractivity (Wildman–Crippen MR) is 116 cm³/mol. The number of amides is 2. The van der Waals surface area contributed by atoms with Gasteiger partial charge in [-0.15, -0.1) is 6.58 Å². The molecule has 0 spiro atoms. The predicted octanol–water partition coefficient (Wildman–Crippen LogP) is 4.03. The zero-order valence-corrected chi connectivity index (χ0v) is 17.9. The monoisotopic (exact) mass is 418 g/mol. The van der Waals surface area contributed by atoms with Crippen LogP contribution in [0.15, 0.2) is 43.0 Å². The molecule has 0 aromatic heterocycles. The summed E-state index contributed by atoms with van der Waals surface area (Å²) in [6, 6.07) is 7.33. The highest BCUT2D eigenvalue weighted by Crippen LogP contribution is 2.10. The Labute approximate surface area is 178 Å². The fourth-order valence-electron chi connectivity index (χ4n) is 2.94. The zero-order chi connectivity index (χ0) is 22.4. The lowest BCUT2D eigenvalue weighted by molar-refractivity contribution is -0.142. The summed E-state index contributed by atoms with van der Waals surface area (Å²) in [5.41, 5.74) is 0.831. The van der Waals surface area contributed by atoms with E-state index < -0.39 is 30.1 Å². The van der Waals surface area contributed by atoms with E-state index in [9.17, 15) is 19.5 Å². The quantitative estimate of drug-likeness (QED) is 0.312. The standard InChI is InChI=1S/C23H34N2O5/c1-4-5-6-7-8-12-15-19(22(27)28)24-21(26)20(17(2)3)25-23(29)30-16-18-13-10-9-11-14-18/h4,9-11,13-14,17,19-20H,1,5-8,12,15-16H2,2-3H3,(H,24,26)(H,25,29)(H,27,28)/t19-,20+/m1/s1. The number of carboxylic acids is 1. The van der Waals surface area contributed by atoms with E-state index in [2.05, 4.69) is 17.2 Å². The van der Waals surface area contributed by atoms with Crippen LogP contribution in [0.5, 0.6) is 0 Å². The molecule has 1 aromatic carbocycles. The van der Waals surface area contributed by atoms with Crippen LogP contribution in [0.2, 0.25) is 0 Å². The average molecular weight is 419 g/mol. The summed E-state index contributed by atoms with van der Waals surface area (Å²) >= 11 is 0. The molecule has 1 aromatic rings. The van der Waals surface area contributed by atoms with Gasteiger partial charge in [0.25, 0.3) is 0 Å². The zero-order valence-electron chi connectivity index (χ0n) is 17.9. The third-order valence-corrected chi connectivity index (χ3v) is 4.70. The molecule has 0 unspecified atom stereocenters. The molecular formula is C23H34N2O5. The Kier molecular flexibility index (Phi) is 11.9. The first-order chi connectivity index (χ1) is 14.3. The normalized spacial score (nSPS) is 12.6. The van der Waals surface area contributed by atoms with Gasteiger partial charge in [-0.1, -0.05) is 69.5 Å². The molecule has 0 radical (unpaired) electrons. The number of alkyl carbamates (subject to hydrolysis) is 1. The number of allylic oxidation sites excluding steroid dienone is 1. The number of carbonyl (C=O) groups excluding carboxylic acids is 2. The average Bonchev–Trinajstić information content (AvgIpc) is 2.72. The van der Waals surface area contributed by atoms with E-state index in [-0.39, 0.29) is 12.5 Å². The molecule has 2 amide bonds. The lowest BCUT2D eigenvalue weighted by Crippen LogP contribution is -2.53. The van der Waals surface area contributed by atoms with Crippen molar-refractivity contribution in [1.82, 2.24) is 10.6 Å². The maximum Gasteiger partial charge on any atom is 0.408 e. The van der Waals surface area contributed by atoms with Gasteiger partial charge in [0.1, 0.15) is 18.7 Å². The van der Waals surface area contributed by atoms with Gasteiger partial charge in [0.05, 0.1) is 0 Å². The van der Waals surface area contributed by atoms with Crippen molar-refractivity contribution in [3.63, 3.8) is 0 Å². The number of carboxylic acid groups (broad SMARTS) is 1. The second-order valence-electron chi connectivity index (χ2n) is 7.61. The van der Waals surface area contributed by atoms with Gasteiger partial charge in [-0.25, -0.2) is 9.59 Å². The highest BCUT2D eigenvalue weighted by atomic mass is 16.5. The van der Waals surface area contributed by atoms with Crippen molar-refractivity contribution in [2.45, 2.75) is 71.1 Å². The number of carbonyl (C=O) groups is 3. The molecule has 0 aliphatic rings. The molecule has 0 bridgehead atoms. The Bertz CT molecular complexity index is 675. The molecule has 7 nitrogen and oxygen atoms in total. The minimum atomic E-state index is -1.08. The number of unbranched alkanes of at least 4 members (excludes halogenated alkanes) is 4. The van der Waals surface area contributed by atoms with Crippen LogP contribution >= 0.6 is 0 Å². The Balaban J connectivity index is 2.53. The van der Waals surface area contributed by atoms with Crippen molar-refractivity contribution < 1.29 is 24.2 Å². The number of rotatable bonds is 14. The first kappa shape index (κ1) is 25.2. The van der Waals surface area contributed by atoms with Crippen LogP contribution in [-0.2, 0) is 20.9 Å². The van der Waals surface area contributed by atoms with Crippen molar-refractivity contribution >= 4 is 18.0 Å². The van der Waals surface area contributed by atoms with Gasteiger partial charge in [0, 0.05) is 0 Å². The van der Waals surface area contributed by atoms with Crippen molar-refractivity contribution in [3.8, 4) is 0 Å². The molecule has 0 heterocycles. The summed E-state index contributed by atoms with van der Waals surface area (Å²) in [6.45, 7) is 7.31. The van der Waals surface area contributed by atoms with Crippen LogP contribution in [0.4, 0.5) is 4.79 Å². The molecule has 0 aliphatic heterocycles. The fourth-order valence-corrected chi connectivity index (χ4v) is 2.94. The topological polar surface area (TPSA) is 105 Å². The second-order valence-corrected chi connectivity index (χ2v) is 7.61. The molecular weight excluding hydrogens is 384 g/mol. The highest BCUT2D eigenvalue weighted by Gasteiger charge is 2.28. The molecule has 0 fully saturated rings. The molecule has 166 valence electrons. The second kappa shape index (κ2) is 14.2. The maximum absolute atomic E-state index is 12.6. The summed E-state index contributed by atoms with van der Waals surface area (Å²) in [6.07, 6.45) is 6.05. The van der Waals surface area contributed by atoms with Crippen LogP contribution in [0.3, 0.4) is 0 Å². The SMILES string of the molecule is C=CCCCCCC[C@@H](NC(=O)[C@@H](NC(=O)OCc1ccccc1)C(C)C)C(=O)O. The maximum atomic E-state index is 12.6. The number of aliphatic carboxylic acids is 1. The molecule has 30 heavy (non-hydrogen) atoms. The van der Waals surface area contributed by atoms with E-state index in [4.69, 9.17) is 4.74 Å². The third kappa shape index (κ3) is 10.1. The summed E-state index contributed by atoms with van der Waals surface area (Å²) in [5, 5.41) is 14.5. The van der Waals surface area contributed by atoms with Crippen molar-refractivity contribution in [1.29, 1.82) is 0 Å². The Morgan fingerprint density at radius 3 is 2.33 bits per heavy atom. The fraction of sp³-hybridized carbons (Fsp3) is 0.522. The highest BCUT2D eigenvalue weighted by molar-refractivity contribution is 5.89. The van der Waals surface area contributed by atoms with Gasteiger partial charge in [-0.05, 0) is 30.7 Å². The van der Waals surface area contributed by atoms with Crippen molar-refractivity contribution in [2.75, 3.05) is 0 Å². The minimum absolute atomic E-state index is 0.0860. The largest absolute Gasteiger partial charge is 0.480 e. The Morgan fingerprint density at radius 2 is 1.73 bits per heavy atom. The van der Waals surface area contributed by atoms with Gasteiger partial charge in [0.2, 0.25) is 5.91 Å². The van der Waals surface area contributed by atoms with Gasteiger partial charge < -0.3 is 20.5 Å². The minimum Gasteiger partial charge on any atom is -0.480 e.